The van der Waals surface area contributed by atoms with E-state index in [1.807, 2.05) is 52.3 Å². The van der Waals surface area contributed by atoms with E-state index in [-0.39, 0.29) is 17.9 Å². The van der Waals surface area contributed by atoms with Crippen LogP contribution in [0.15, 0.2) is 82.8 Å². The van der Waals surface area contributed by atoms with Crippen LogP contribution in [0.25, 0.3) is 21.8 Å². The van der Waals surface area contributed by atoms with Crippen LogP contribution in [-0.4, -0.2) is 46.0 Å². The van der Waals surface area contributed by atoms with Crippen molar-refractivity contribution in [2.24, 2.45) is 0 Å². The first-order chi connectivity index (χ1) is 13.0. The molecule has 151 valence electrons. The monoisotopic (exact) mass is 619 g/mol. The molecule has 0 aliphatic rings. The molecule has 11 heteroatoms. The molecule has 2 aromatic carbocycles. The molecular formula is C18H17Cl4Ga2N2OS2. The Kier molecular flexibility index (Phi) is 16.2. The van der Waals surface area contributed by atoms with Crippen molar-refractivity contribution >= 4 is 116 Å². The van der Waals surface area contributed by atoms with Crippen LogP contribution in [0.2, 0.25) is 0 Å². The van der Waals surface area contributed by atoms with Crippen LogP contribution in [0.1, 0.15) is 0 Å². The Hall–Kier alpha value is 0.353. The zero-order chi connectivity index (χ0) is 19.6. The third-order valence-electron chi connectivity index (χ3n) is 3.36. The minimum atomic E-state index is -2.06. The van der Waals surface area contributed by atoms with Crippen LogP contribution >= 0.6 is 63.6 Å². The van der Waals surface area contributed by atoms with Gasteiger partial charge < -0.3 is 5.48 Å². The standard InChI is InChI=1S/2C9H7NS.4ClH.2Ga.H2O.H/c2*11-8-5-1-3-7-4-2-6-10-9(7)8;;;;;;;;/h2*1-6,11H;4*1H;;;1H2;/q;;;;;;+1;+3;;/p-4. The predicted molar refractivity (Wildman–Crippen MR) is 138 cm³/mol. The average Bonchev–Trinajstić information content (AvgIpc) is 2.68. The Morgan fingerprint density at radius 2 is 1.24 bits per heavy atom. The van der Waals surface area contributed by atoms with Crippen LogP contribution < -0.4 is 0 Å². The van der Waals surface area contributed by atoms with Crippen molar-refractivity contribution in [2.45, 2.75) is 9.79 Å². The van der Waals surface area contributed by atoms with Gasteiger partial charge in [-0.15, -0.1) is 25.0 Å². The number of nitrogens with zero attached hydrogens (tertiary/aromatic N) is 2. The zero-order valence-electron chi connectivity index (χ0n) is 15.0. The number of rotatable bonds is 1. The fourth-order valence-corrected chi connectivity index (χ4v) is 4.50. The zero-order valence-corrected chi connectivity index (χ0v) is 25.2. The summed E-state index contributed by atoms with van der Waals surface area (Å²) in [5.41, 5.74) is 2.11. The molecule has 0 fully saturated rings. The van der Waals surface area contributed by atoms with Crippen LogP contribution in [0, 0.1) is 0 Å². The van der Waals surface area contributed by atoms with Gasteiger partial charge in [0.15, 0.2) is 0 Å². The van der Waals surface area contributed by atoms with E-state index in [4.69, 9.17) is 28.9 Å². The summed E-state index contributed by atoms with van der Waals surface area (Å²) in [4.78, 5) is 10.8. The van der Waals surface area contributed by atoms with Crippen LogP contribution in [0.4, 0.5) is 0 Å². The fourth-order valence-electron chi connectivity index (χ4n) is 2.28. The normalized spacial score (nSPS) is 9.10. The molecule has 4 aromatic rings. The average molecular weight is 623 g/mol. The maximum atomic E-state index is 4.99. The summed E-state index contributed by atoms with van der Waals surface area (Å²) in [6, 6.07) is 20.3. The number of pyridine rings is 2. The van der Waals surface area contributed by atoms with Crippen molar-refractivity contribution in [1.29, 1.82) is 0 Å². The number of hydrogen-bond acceptors (Lipinski definition) is 4. The van der Waals surface area contributed by atoms with E-state index in [0.717, 1.165) is 21.3 Å². The number of benzene rings is 2. The first-order valence-electron chi connectivity index (χ1n) is 7.73. The van der Waals surface area contributed by atoms with Crippen molar-refractivity contribution in [1.82, 2.24) is 9.97 Å². The van der Waals surface area contributed by atoms with E-state index < -0.39 is 13.2 Å². The summed E-state index contributed by atoms with van der Waals surface area (Å²) in [7, 11) is 16.8. The topological polar surface area (TPSA) is 57.3 Å². The Labute approximate surface area is 212 Å². The van der Waals surface area contributed by atoms with E-state index in [2.05, 4.69) is 46.9 Å². The molecule has 0 aliphatic carbocycles. The fraction of sp³-hybridized carbons (Fsp3) is 0. The summed E-state index contributed by atoms with van der Waals surface area (Å²) in [5.74, 6) is 0. The second kappa shape index (κ2) is 16.1. The number of hydrogen-bond donors (Lipinski definition) is 1. The summed E-state index contributed by atoms with van der Waals surface area (Å²) in [6.45, 7) is 0. The Bertz CT molecular complexity index is 1000. The summed E-state index contributed by atoms with van der Waals surface area (Å²) < 4.78 is 0. The van der Waals surface area contributed by atoms with Gasteiger partial charge in [0.05, 0.1) is 5.52 Å². The van der Waals surface area contributed by atoms with Gasteiger partial charge in [-0.1, -0.05) is 18.2 Å². The second-order valence-corrected chi connectivity index (χ2v) is 19.4. The van der Waals surface area contributed by atoms with Gasteiger partial charge in [-0.2, -0.15) is 0 Å². The molecule has 0 saturated carbocycles. The Morgan fingerprint density at radius 3 is 1.76 bits per heavy atom. The Balaban J connectivity index is 0.000000434. The van der Waals surface area contributed by atoms with Crippen molar-refractivity contribution in [3.8, 4) is 0 Å². The van der Waals surface area contributed by atoms with E-state index in [1.54, 1.807) is 6.20 Å². The van der Waals surface area contributed by atoms with Gasteiger partial charge in [0.25, 0.3) is 0 Å². The number of para-hydroxylation sites is 2. The first kappa shape index (κ1) is 29.4. The van der Waals surface area contributed by atoms with Crippen LogP contribution in [-0.2, 0) is 0 Å². The van der Waals surface area contributed by atoms with Crippen LogP contribution in [0.3, 0.4) is 0 Å². The molecule has 2 N–H and O–H groups in total. The van der Waals surface area contributed by atoms with E-state index in [0.29, 0.717) is 0 Å². The molecule has 0 saturated heterocycles. The van der Waals surface area contributed by atoms with Crippen molar-refractivity contribution in [2.75, 3.05) is 0 Å². The summed E-state index contributed by atoms with van der Waals surface area (Å²) in [5, 5.41) is 2.37. The third kappa shape index (κ3) is 10.0. The molecule has 3 nitrogen and oxygen atoms in total. The van der Waals surface area contributed by atoms with Gasteiger partial charge in [0.1, 0.15) is 0 Å². The molecule has 0 bridgehead atoms. The van der Waals surface area contributed by atoms with Gasteiger partial charge in [0.2, 0.25) is 0 Å². The van der Waals surface area contributed by atoms with Gasteiger partial charge in [-0.05, 0) is 12.1 Å². The van der Waals surface area contributed by atoms with Gasteiger partial charge in [-0.3, -0.25) is 4.98 Å². The summed E-state index contributed by atoms with van der Waals surface area (Å²) >= 11 is 3.44. The van der Waals surface area contributed by atoms with Gasteiger partial charge >= 0.3 is 127 Å². The van der Waals surface area contributed by atoms with Crippen molar-refractivity contribution < 1.29 is 5.48 Å². The third-order valence-corrected chi connectivity index (χ3v) is 6.32. The van der Waals surface area contributed by atoms with E-state index in [9.17, 15) is 0 Å². The second-order valence-electron chi connectivity index (χ2n) is 5.08. The van der Waals surface area contributed by atoms with Gasteiger partial charge in [0, 0.05) is 16.5 Å². The molecular weight excluding hydrogens is 606 g/mol. The molecule has 0 spiro atoms. The molecule has 29 heavy (non-hydrogen) atoms. The maximum absolute atomic E-state index is 4.99. The quantitative estimate of drug-likeness (QED) is 0.211. The molecule has 1 radical (unpaired) electrons. The van der Waals surface area contributed by atoms with E-state index in [1.165, 1.54) is 27.7 Å². The number of fused-ring (bicyclic) bond motifs is 2. The predicted octanol–water partition coefficient (Wildman–Crippen LogP) is 5.95. The molecule has 0 unspecified atom stereocenters. The minimum absolute atomic E-state index is 0. The molecule has 0 amide bonds. The number of halogens is 4. The number of thiol groups is 1. The molecule has 4 rings (SSSR count). The van der Waals surface area contributed by atoms with Gasteiger partial charge in [-0.25, -0.2) is 0 Å². The van der Waals surface area contributed by atoms with Crippen molar-refractivity contribution in [3.63, 3.8) is 0 Å². The molecule has 0 aliphatic heterocycles. The Morgan fingerprint density at radius 1 is 0.793 bits per heavy atom. The number of aromatic nitrogens is 2. The molecule has 2 aromatic heterocycles. The SMILES string of the molecule is Cl.O.Sc1cccc2cccnc12.[Cl][Ga]([Cl])[Cl].[GaH][S]c1cccc2cccnc12. The van der Waals surface area contributed by atoms with Crippen LogP contribution in [0.5, 0.6) is 0 Å². The van der Waals surface area contributed by atoms with Crippen molar-refractivity contribution in [3.05, 3.63) is 73.1 Å². The first-order valence-corrected chi connectivity index (χ1v) is 22.4. The summed E-state index contributed by atoms with van der Waals surface area (Å²) in [6.07, 6.45) is 3.63. The molecule has 0 atom stereocenters. The molecule has 2 heterocycles. The van der Waals surface area contributed by atoms with E-state index >= 15 is 0 Å².